The topological polar surface area (TPSA) is 90.9 Å². The molecule has 3 rings (SSSR count). The van der Waals surface area contributed by atoms with Crippen LogP contribution < -0.4 is 20.5 Å². The molecular formula is C20H26Cl2N4O3. The molecule has 1 unspecified atom stereocenters. The number of ether oxygens (including phenoxy) is 2. The Bertz CT molecular complexity index is 900. The van der Waals surface area contributed by atoms with E-state index in [0.717, 1.165) is 17.8 Å². The van der Waals surface area contributed by atoms with Crippen LogP contribution in [0.1, 0.15) is 25.5 Å². The summed E-state index contributed by atoms with van der Waals surface area (Å²) in [6.07, 6.45) is 5.34. The lowest BCUT2D eigenvalue weighted by Gasteiger charge is -2.14. The van der Waals surface area contributed by atoms with Crippen molar-refractivity contribution in [3.05, 3.63) is 54.5 Å². The van der Waals surface area contributed by atoms with E-state index in [0.29, 0.717) is 23.6 Å². The number of aromatic nitrogens is 2. The fraction of sp³-hybridized carbons (Fsp3) is 0.300. The first-order chi connectivity index (χ1) is 13.1. The fourth-order valence-electron chi connectivity index (χ4n) is 2.75. The monoisotopic (exact) mass is 440 g/mol. The Balaban J connectivity index is 0.00000210. The maximum absolute atomic E-state index is 12.1. The summed E-state index contributed by atoms with van der Waals surface area (Å²) in [6.45, 7) is 2.27. The summed E-state index contributed by atoms with van der Waals surface area (Å²) in [7, 11) is 1.57. The molecule has 2 heterocycles. The third-order valence-corrected chi connectivity index (χ3v) is 4.16. The van der Waals surface area contributed by atoms with Crippen LogP contribution in [0, 0.1) is 0 Å². The fourth-order valence-corrected chi connectivity index (χ4v) is 2.75. The summed E-state index contributed by atoms with van der Waals surface area (Å²) in [5.41, 5.74) is 8.12. The van der Waals surface area contributed by atoms with E-state index >= 15 is 0 Å². The Morgan fingerprint density at radius 1 is 1.24 bits per heavy atom. The Hall–Kier alpha value is -2.48. The van der Waals surface area contributed by atoms with E-state index in [9.17, 15) is 4.79 Å². The molecule has 1 aromatic carbocycles. The Morgan fingerprint density at radius 3 is 2.72 bits per heavy atom. The van der Waals surface area contributed by atoms with Crippen molar-refractivity contribution in [2.45, 2.75) is 32.4 Å². The van der Waals surface area contributed by atoms with Gasteiger partial charge in [0.1, 0.15) is 12.3 Å². The van der Waals surface area contributed by atoms with Gasteiger partial charge in [0.2, 0.25) is 5.91 Å². The number of pyridine rings is 1. The first-order valence-corrected chi connectivity index (χ1v) is 8.90. The van der Waals surface area contributed by atoms with E-state index in [4.69, 9.17) is 15.2 Å². The van der Waals surface area contributed by atoms with Crippen molar-refractivity contribution in [3.8, 4) is 11.5 Å². The third-order valence-electron chi connectivity index (χ3n) is 4.16. The van der Waals surface area contributed by atoms with E-state index in [-0.39, 0.29) is 37.3 Å². The number of fused-ring (bicyclic) bond motifs is 1. The van der Waals surface area contributed by atoms with Crippen molar-refractivity contribution >= 4 is 42.1 Å². The molecule has 3 N–H and O–H groups in total. The number of hydrogen-bond donors (Lipinski definition) is 2. The van der Waals surface area contributed by atoms with E-state index < -0.39 is 6.04 Å². The standard InChI is InChI=1S/C20H24N4O3.2ClH/c1-3-6-16(21)20(25)23-14-8-9-17(26-2)18(11-14)27-13-15-12-24-10-5-4-7-19(24)22-15;;/h4-5,7-12,16H,3,6,13,21H2,1-2H3,(H,23,25);2*1H. The second-order valence-electron chi connectivity index (χ2n) is 6.24. The van der Waals surface area contributed by atoms with Gasteiger partial charge in [0.25, 0.3) is 0 Å². The number of imidazole rings is 1. The zero-order valence-electron chi connectivity index (χ0n) is 16.3. The Labute approximate surface area is 182 Å². The summed E-state index contributed by atoms with van der Waals surface area (Å²) in [5.74, 6) is 0.888. The predicted octanol–water partition coefficient (Wildman–Crippen LogP) is 3.83. The van der Waals surface area contributed by atoms with E-state index in [1.807, 2.05) is 41.9 Å². The van der Waals surface area contributed by atoms with Gasteiger partial charge in [-0.05, 0) is 30.7 Å². The maximum Gasteiger partial charge on any atom is 0.241 e. The highest BCUT2D eigenvalue weighted by Gasteiger charge is 2.14. The van der Waals surface area contributed by atoms with Crippen molar-refractivity contribution in [1.82, 2.24) is 9.38 Å². The molecule has 7 nitrogen and oxygen atoms in total. The summed E-state index contributed by atoms with van der Waals surface area (Å²) in [4.78, 5) is 16.6. The lowest BCUT2D eigenvalue weighted by atomic mass is 10.1. The van der Waals surface area contributed by atoms with Crippen molar-refractivity contribution in [1.29, 1.82) is 0 Å². The molecular weight excluding hydrogens is 415 g/mol. The highest BCUT2D eigenvalue weighted by atomic mass is 35.5. The average molecular weight is 441 g/mol. The van der Waals surface area contributed by atoms with Crippen LogP contribution in [0.5, 0.6) is 11.5 Å². The number of nitrogens with one attached hydrogen (secondary N) is 1. The van der Waals surface area contributed by atoms with Crippen LogP contribution in [-0.4, -0.2) is 28.4 Å². The molecule has 0 bridgehead atoms. The number of nitrogens with zero attached hydrogens (tertiary/aromatic N) is 2. The lowest BCUT2D eigenvalue weighted by molar-refractivity contribution is -0.117. The minimum absolute atomic E-state index is 0. The number of rotatable bonds is 8. The van der Waals surface area contributed by atoms with Gasteiger partial charge in [0.05, 0.1) is 18.8 Å². The van der Waals surface area contributed by atoms with Gasteiger partial charge in [0.15, 0.2) is 11.5 Å². The summed E-state index contributed by atoms with van der Waals surface area (Å²) in [5, 5.41) is 2.82. The highest BCUT2D eigenvalue weighted by molar-refractivity contribution is 5.94. The molecule has 9 heteroatoms. The molecule has 0 fully saturated rings. The number of halogens is 2. The SMILES string of the molecule is CCCC(N)C(=O)Nc1ccc(OC)c(OCc2cn3ccccc3n2)c1.Cl.Cl. The molecule has 1 atom stereocenters. The van der Waals surface area contributed by atoms with Crippen LogP contribution >= 0.6 is 24.8 Å². The van der Waals surface area contributed by atoms with Gasteiger partial charge < -0.3 is 24.9 Å². The Kier molecular flexibility index (Phi) is 9.74. The van der Waals surface area contributed by atoms with Gasteiger partial charge >= 0.3 is 0 Å². The largest absolute Gasteiger partial charge is 0.493 e. The molecule has 1 amide bonds. The lowest BCUT2D eigenvalue weighted by Crippen LogP contribution is -2.35. The average Bonchev–Trinajstić information content (AvgIpc) is 3.09. The van der Waals surface area contributed by atoms with E-state index in [1.165, 1.54) is 0 Å². The first-order valence-electron chi connectivity index (χ1n) is 8.90. The zero-order chi connectivity index (χ0) is 19.2. The molecule has 158 valence electrons. The predicted molar refractivity (Wildman–Crippen MR) is 119 cm³/mol. The van der Waals surface area contributed by atoms with E-state index in [1.54, 1.807) is 25.3 Å². The number of hydrogen-bond acceptors (Lipinski definition) is 5. The molecule has 0 saturated carbocycles. The molecule has 0 spiro atoms. The normalized spacial score (nSPS) is 11.1. The molecule has 0 aliphatic rings. The van der Waals surface area contributed by atoms with Gasteiger partial charge in [-0.25, -0.2) is 4.98 Å². The molecule has 0 aliphatic carbocycles. The molecule has 0 radical (unpaired) electrons. The molecule has 0 saturated heterocycles. The van der Waals surface area contributed by atoms with Gasteiger partial charge in [-0.1, -0.05) is 19.4 Å². The van der Waals surface area contributed by atoms with Crippen LogP contribution in [0.25, 0.3) is 5.65 Å². The van der Waals surface area contributed by atoms with Crippen LogP contribution in [-0.2, 0) is 11.4 Å². The minimum atomic E-state index is -0.528. The summed E-state index contributed by atoms with van der Waals surface area (Å²) >= 11 is 0. The number of amides is 1. The van der Waals surface area contributed by atoms with Gasteiger partial charge in [-0.2, -0.15) is 0 Å². The highest BCUT2D eigenvalue weighted by Crippen LogP contribution is 2.31. The van der Waals surface area contributed by atoms with Crippen molar-refractivity contribution in [2.24, 2.45) is 5.73 Å². The number of benzene rings is 1. The van der Waals surface area contributed by atoms with Crippen LogP contribution in [0.3, 0.4) is 0 Å². The van der Waals surface area contributed by atoms with Crippen LogP contribution in [0.4, 0.5) is 5.69 Å². The van der Waals surface area contributed by atoms with Crippen molar-refractivity contribution in [3.63, 3.8) is 0 Å². The van der Waals surface area contributed by atoms with Gasteiger partial charge in [-0.3, -0.25) is 4.79 Å². The maximum atomic E-state index is 12.1. The summed E-state index contributed by atoms with van der Waals surface area (Å²) < 4.78 is 13.2. The molecule has 29 heavy (non-hydrogen) atoms. The number of nitrogens with two attached hydrogens (primary N) is 1. The molecule has 2 aromatic heterocycles. The quantitative estimate of drug-likeness (QED) is 0.555. The van der Waals surface area contributed by atoms with Crippen LogP contribution in [0.2, 0.25) is 0 Å². The number of methoxy groups -OCH3 is 1. The Morgan fingerprint density at radius 2 is 2.03 bits per heavy atom. The summed E-state index contributed by atoms with van der Waals surface area (Å²) in [6, 6.07) is 10.5. The first kappa shape index (κ1) is 24.6. The number of anilines is 1. The van der Waals surface area contributed by atoms with Gasteiger partial charge in [0, 0.05) is 24.1 Å². The smallest absolute Gasteiger partial charge is 0.241 e. The molecule has 0 aliphatic heterocycles. The van der Waals surface area contributed by atoms with Gasteiger partial charge in [-0.15, -0.1) is 24.8 Å². The molecule has 3 aromatic rings. The number of carbonyl (C=O) groups excluding carboxylic acids is 1. The second kappa shape index (κ2) is 11.5. The zero-order valence-corrected chi connectivity index (χ0v) is 18.0. The number of carbonyl (C=O) groups is 1. The van der Waals surface area contributed by atoms with Crippen LogP contribution in [0.15, 0.2) is 48.8 Å². The van der Waals surface area contributed by atoms with Crippen molar-refractivity contribution in [2.75, 3.05) is 12.4 Å². The van der Waals surface area contributed by atoms with E-state index in [2.05, 4.69) is 10.3 Å². The third kappa shape index (κ3) is 6.25. The van der Waals surface area contributed by atoms with Crippen molar-refractivity contribution < 1.29 is 14.3 Å². The minimum Gasteiger partial charge on any atom is -0.493 e. The second-order valence-corrected chi connectivity index (χ2v) is 6.24.